The van der Waals surface area contributed by atoms with Gasteiger partial charge in [-0.05, 0) is 75.1 Å². The van der Waals surface area contributed by atoms with E-state index in [1.807, 2.05) is 32.1 Å². The van der Waals surface area contributed by atoms with E-state index in [0.717, 1.165) is 29.1 Å². The van der Waals surface area contributed by atoms with Gasteiger partial charge in [-0.25, -0.2) is 0 Å². The largest absolute Gasteiger partial charge is 0.489 e. The minimum atomic E-state index is -0.645. The third kappa shape index (κ3) is 7.28. The molecule has 0 aromatic heterocycles. The van der Waals surface area contributed by atoms with Gasteiger partial charge in [0.2, 0.25) is 5.91 Å². The Morgan fingerprint density at radius 2 is 1.92 bits per heavy atom. The minimum absolute atomic E-state index is 0.0352. The van der Waals surface area contributed by atoms with Crippen LogP contribution >= 0.6 is 11.6 Å². The molecule has 4 N–H and O–H groups in total. The van der Waals surface area contributed by atoms with Gasteiger partial charge in [0.1, 0.15) is 11.6 Å². The summed E-state index contributed by atoms with van der Waals surface area (Å²) in [5.41, 5.74) is 9.44. The summed E-state index contributed by atoms with van der Waals surface area (Å²) in [7, 11) is 0. The number of ether oxygens (including phenoxy) is 1. The maximum absolute atomic E-state index is 13.1. The number of nitrogens with two attached hydrogens (primary N) is 1. The number of nitrogens with zero attached hydrogens (tertiary/aromatic N) is 2. The lowest BCUT2D eigenvalue weighted by molar-refractivity contribution is -0.122. The Morgan fingerprint density at radius 3 is 2.56 bits per heavy atom. The molecule has 2 aliphatic heterocycles. The summed E-state index contributed by atoms with van der Waals surface area (Å²) in [6, 6.07) is 12.3. The fourth-order valence-electron chi connectivity index (χ4n) is 4.52. The van der Waals surface area contributed by atoms with Gasteiger partial charge in [0, 0.05) is 18.3 Å². The van der Waals surface area contributed by atoms with Crippen LogP contribution in [0.15, 0.2) is 71.4 Å². The van der Waals surface area contributed by atoms with Crippen LogP contribution in [0.2, 0.25) is 5.02 Å². The molecule has 2 aromatic carbocycles. The number of amides is 2. The number of halogens is 1. The predicted molar refractivity (Wildman–Crippen MR) is 155 cm³/mol. The molecule has 206 valence electrons. The van der Waals surface area contributed by atoms with Crippen LogP contribution in [0.3, 0.4) is 0 Å². The van der Waals surface area contributed by atoms with Crippen LogP contribution < -0.4 is 21.1 Å². The summed E-state index contributed by atoms with van der Waals surface area (Å²) in [6.45, 7) is 8.55. The molecule has 0 aliphatic carbocycles. The molecule has 4 rings (SSSR count). The van der Waals surface area contributed by atoms with Gasteiger partial charge in [-0.2, -0.15) is 0 Å². The van der Waals surface area contributed by atoms with Crippen molar-refractivity contribution in [1.82, 2.24) is 15.5 Å². The number of hydrogen-bond donors (Lipinski definition) is 3. The van der Waals surface area contributed by atoms with E-state index in [2.05, 4.69) is 46.9 Å². The zero-order valence-electron chi connectivity index (χ0n) is 22.8. The monoisotopic (exact) mass is 549 g/mol. The molecule has 0 bridgehead atoms. The Hall–Kier alpha value is -3.62. The second-order valence-corrected chi connectivity index (χ2v) is 10.7. The molecule has 0 saturated heterocycles. The van der Waals surface area contributed by atoms with Crippen LogP contribution in [0, 0.1) is 0 Å². The number of aliphatic imine (C=N–C) groups is 1. The van der Waals surface area contributed by atoms with Gasteiger partial charge in [-0.15, -0.1) is 0 Å². The first-order chi connectivity index (χ1) is 18.6. The first kappa shape index (κ1) is 28.4. The number of rotatable bonds is 10. The molecule has 2 aliphatic rings. The van der Waals surface area contributed by atoms with Crippen molar-refractivity contribution >= 4 is 29.3 Å². The molecule has 39 heavy (non-hydrogen) atoms. The normalized spacial score (nSPS) is 17.7. The van der Waals surface area contributed by atoms with Crippen LogP contribution in [-0.2, 0) is 11.2 Å². The van der Waals surface area contributed by atoms with E-state index in [4.69, 9.17) is 27.1 Å². The third-order valence-electron chi connectivity index (χ3n) is 6.56. The van der Waals surface area contributed by atoms with Gasteiger partial charge >= 0.3 is 0 Å². The molecule has 9 heteroatoms. The van der Waals surface area contributed by atoms with Gasteiger partial charge in [-0.3, -0.25) is 14.6 Å². The molecular formula is C30H36ClN5O3. The molecule has 2 heterocycles. The summed E-state index contributed by atoms with van der Waals surface area (Å²) < 4.78 is 5.67. The minimum Gasteiger partial charge on any atom is -0.489 e. The summed E-state index contributed by atoms with van der Waals surface area (Å²) in [5.74, 6) is 0.968. The maximum Gasteiger partial charge on any atom is 0.251 e. The van der Waals surface area contributed by atoms with Crippen molar-refractivity contribution in [2.24, 2.45) is 10.7 Å². The lowest BCUT2D eigenvalue weighted by atomic mass is 10.0. The second-order valence-electron chi connectivity index (χ2n) is 10.3. The van der Waals surface area contributed by atoms with E-state index < -0.39 is 6.04 Å². The van der Waals surface area contributed by atoms with Crippen LogP contribution in [0.4, 0.5) is 0 Å². The van der Waals surface area contributed by atoms with Crippen molar-refractivity contribution in [2.75, 3.05) is 13.1 Å². The number of hydrogen-bond acceptors (Lipinski definition) is 6. The Bertz CT molecular complexity index is 1300. The van der Waals surface area contributed by atoms with Gasteiger partial charge < -0.3 is 26.0 Å². The Kier molecular flexibility index (Phi) is 9.09. The smallest absolute Gasteiger partial charge is 0.251 e. The summed E-state index contributed by atoms with van der Waals surface area (Å²) >= 11 is 6.34. The SMILES string of the molecule is CC1=CC=CN2CC(c3ccc(C[C@@H](CNC(=O)[C@@H](C)N)NC(=O)c4ccc(OC(C)C)c(Cl)c4)cc3)N=C12. The van der Waals surface area contributed by atoms with E-state index in [1.165, 1.54) is 0 Å². The topological polar surface area (TPSA) is 109 Å². The highest BCUT2D eigenvalue weighted by Gasteiger charge is 2.27. The Labute approximate surface area is 235 Å². The highest BCUT2D eigenvalue weighted by Crippen LogP contribution is 2.29. The van der Waals surface area contributed by atoms with Crippen LogP contribution in [-0.4, -0.2) is 53.8 Å². The fourth-order valence-corrected chi connectivity index (χ4v) is 4.75. The Balaban J connectivity index is 1.45. The van der Waals surface area contributed by atoms with Crippen LogP contribution in [0.25, 0.3) is 0 Å². The van der Waals surface area contributed by atoms with E-state index >= 15 is 0 Å². The van der Waals surface area contributed by atoms with Gasteiger partial charge in [0.25, 0.3) is 5.91 Å². The zero-order valence-corrected chi connectivity index (χ0v) is 23.5. The third-order valence-corrected chi connectivity index (χ3v) is 6.85. The number of fused-ring (bicyclic) bond motifs is 1. The van der Waals surface area contributed by atoms with E-state index in [-0.39, 0.29) is 36.5 Å². The van der Waals surface area contributed by atoms with E-state index in [1.54, 1.807) is 25.1 Å². The maximum atomic E-state index is 13.1. The van der Waals surface area contributed by atoms with Crippen molar-refractivity contribution < 1.29 is 14.3 Å². The lowest BCUT2D eigenvalue weighted by Gasteiger charge is -2.21. The second kappa shape index (κ2) is 12.5. The van der Waals surface area contributed by atoms with Gasteiger partial charge in [0.05, 0.1) is 35.8 Å². The number of nitrogens with one attached hydrogen (secondary N) is 2. The van der Waals surface area contributed by atoms with E-state index in [0.29, 0.717) is 22.8 Å². The fraction of sp³-hybridized carbons (Fsp3) is 0.367. The van der Waals surface area contributed by atoms with E-state index in [9.17, 15) is 9.59 Å². The summed E-state index contributed by atoms with van der Waals surface area (Å²) in [6.07, 6.45) is 6.65. The Morgan fingerprint density at radius 1 is 1.18 bits per heavy atom. The molecular weight excluding hydrogens is 514 g/mol. The van der Waals surface area contributed by atoms with Crippen LogP contribution in [0.1, 0.15) is 55.2 Å². The molecule has 2 aromatic rings. The summed E-state index contributed by atoms with van der Waals surface area (Å²) in [4.78, 5) is 32.3. The quantitative estimate of drug-likeness (QED) is 0.412. The average molecular weight is 550 g/mol. The molecule has 0 fully saturated rings. The molecule has 0 radical (unpaired) electrons. The average Bonchev–Trinajstić information content (AvgIpc) is 3.34. The lowest BCUT2D eigenvalue weighted by Crippen LogP contribution is -2.48. The van der Waals surface area contributed by atoms with Crippen molar-refractivity contribution in [3.63, 3.8) is 0 Å². The number of carbonyl (C=O) groups is 2. The van der Waals surface area contributed by atoms with Gasteiger partial charge in [0.15, 0.2) is 0 Å². The highest BCUT2D eigenvalue weighted by atomic mass is 35.5. The summed E-state index contributed by atoms with van der Waals surface area (Å²) in [5, 5.41) is 6.23. The van der Waals surface area contributed by atoms with Crippen molar-refractivity contribution in [2.45, 2.75) is 58.3 Å². The van der Waals surface area contributed by atoms with Crippen molar-refractivity contribution in [1.29, 1.82) is 0 Å². The number of carbonyl (C=O) groups excluding carboxylic acids is 2. The number of amidine groups is 1. The first-order valence-corrected chi connectivity index (χ1v) is 13.6. The van der Waals surface area contributed by atoms with Crippen LogP contribution in [0.5, 0.6) is 5.75 Å². The molecule has 0 saturated carbocycles. The predicted octanol–water partition coefficient (Wildman–Crippen LogP) is 4.16. The highest BCUT2D eigenvalue weighted by molar-refractivity contribution is 6.32. The number of benzene rings is 2. The molecule has 3 atom stereocenters. The zero-order chi connectivity index (χ0) is 28.1. The molecule has 2 amide bonds. The molecule has 1 unspecified atom stereocenters. The first-order valence-electron chi connectivity index (χ1n) is 13.2. The van der Waals surface area contributed by atoms with Crippen molar-refractivity contribution in [3.05, 3.63) is 88.1 Å². The molecule has 8 nitrogen and oxygen atoms in total. The van der Waals surface area contributed by atoms with Crippen molar-refractivity contribution in [3.8, 4) is 5.75 Å². The standard InChI is InChI=1S/C30H36ClN5O3/c1-18(2)39-27-12-11-23(15-25(27)31)30(38)34-24(16-33-29(37)20(4)32)14-21-7-9-22(10-8-21)26-17-36-13-5-6-19(3)28(36)35-26/h5-13,15,18,20,24,26H,14,16-17,32H2,1-4H3,(H,33,37)(H,34,38)/t20-,24+,26?/m1/s1. The van der Waals surface area contributed by atoms with Gasteiger partial charge in [-0.1, -0.05) is 41.9 Å². The molecule has 0 spiro atoms. The number of allylic oxidation sites excluding steroid dienone is 2.